The number of hydrogen-bond donors (Lipinski definition) is 1. The van der Waals surface area contributed by atoms with E-state index in [1.54, 1.807) is 5.57 Å². The van der Waals surface area contributed by atoms with Crippen molar-refractivity contribution in [3.63, 3.8) is 0 Å². The molecule has 6 heteroatoms. The lowest BCUT2D eigenvalue weighted by molar-refractivity contribution is -0.127. The predicted octanol–water partition coefficient (Wildman–Crippen LogP) is 12.9. The summed E-state index contributed by atoms with van der Waals surface area (Å²) in [6, 6.07) is 0. The van der Waals surface area contributed by atoms with Crippen LogP contribution >= 0.6 is 0 Å². The molecule has 0 spiro atoms. The van der Waals surface area contributed by atoms with Crippen LogP contribution in [-0.4, -0.2) is 45.8 Å². The van der Waals surface area contributed by atoms with Gasteiger partial charge in [-0.1, -0.05) is 118 Å². The van der Waals surface area contributed by atoms with Crippen LogP contribution in [0.25, 0.3) is 0 Å². The van der Waals surface area contributed by atoms with Gasteiger partial charge in [-0.05, 0) is 130 Å². The second kappa shape index (κ2) is 15.7. The highest BCUT2D eigenvalue weighted by atomic mass is 28.4. The first-order chi connectivity index (χ1) is 23.4. The van der Waals surface area contributed by atoms with E-state index in [0.29, 0.717) is 18.3 Å². The number of allylic oxidation sites excluding steroid dienone is 4. The van der Waals surface area contributed by atoms with Crippen molar-refractivity contribution in [3.8, 4) is 0 Å². The van der Waals surface area contributed by atoms with Crippen LogP contribution in [-0.2, 0) is 13.6 Å². The van der Waals surface area contributed by atoms with Crippen molar-refractivity contribution < 1.29 is 18.8 Å². The molecule has 0 amide bonds. The van der Waals surface area contributed by atoms with Gasteiger partial charge in [0.15, 0.2) is 16.6 Å². The van der Waals surface area contributed by atoms with Crippen LogP contribution in [0.15, 0.2) is 35.5 Å². The van der Waals surface area contributed by atoms with E-state index in [0.717, 1.165) is 51.4 Å². The van der Waals surface area contributed by atoms with Crippen LogP contribution < -0.4 is 0 Å². The molecule has 4 aliphatic carbocycles. The molecule has 0 aliphatic heterocycles. The summed E-state index contributed by atoms with van der Waals surface area (Å²) in [6.45, 7) is 33.2. The number of carbonyl (C=O) groups excluding carboxylic acids is 1. The summed E-state index contributed by atoms with van der Waals surface area (Å²) >= 11 is 0. The Morgan fingerprint density at radius 2 is 1.45 bits per heavy atom. The summed E-state index contributed by atoms with van der Waals surface area (Å²) in [7, 11) is -3.83. The topological polar surface area (TPSA) is 55.8 Å². The maximum absolute atomic E-state index is 13.1. The van der Waals surface area contributed by atoms with Crippen molar-refractivity contribution in [3.05, 3.63) is 35.5 Å². The second-order valence-corrected chi connectivity index (χ2v) is 30.9. The van der Waals surface area contributed by atoms with E-state index in [9.17, 15) is 9.90 Å². The number of unbranched alkanes of at least 4 members (excludes halogenated alkanes) is 2. The average molecular weight is 741 g/mol. The van der Waals surface area contributed by atoms with Crippen LogP contribution in [0, 0.1) is 28.1 Å². The molecule has 1 N–H and O–H groups in total. The quantitative estimate of drug-likeness (QED) is 0.109. The zero-order valence-electron chi connectivity index (χ0n) is 35.8. The van der Waals surface area contributed by atoms with E-state index in [4.69, 9.17) is 8.85 Å². The largest absolute Gasteiger partial charge is 0.414 e. The molecule has 0 saturated heterocycles. The molecule has 0 heterocycles. The third-order valence-corrected chi connectivity index (χ3v) is 24.1. The Balaban J connectivity index is 1.52. The molecule has 51 heavy (non-hydrogen) atoms. The van der Waals surface area contributed by atoms with Gasteiger partial charge >= 0.3 is 0 Å². The lowest BCUT2D eigenvalue weighted by Crippen LogP contribution is -2.48. The fourth-order valence-electron chi connectivity index (χ4n) is 9.62. The fraction of sp³-hybridized carbons (Fsp3) is 0.844. The monoisotopic (exact) mass is 741 g/mol. The highest BCUT2D eigenvalue weighted by molar-refractivity contribution is 6.74. The van der Waals surface area contributed by atoms with E-state index < -0.39 is 28.2 Å². The Morgan fingerprint density at radius 1 is 0.882 bits per heavy atom. The summed E-state index contributed by atoms with van der Waals surface area (Å²) < 4.78 is 14.2. The Bertz CT molecular complexity index is 1270. The Hall–Kier alpha value is -0.796. The molecule has 292 valence electrons. The van der Waals surface area contributed by atoms with Crippen LogP contribution in [0.1, 0.15) is 159 Å². The molecule has 4 fully saturated rings. The van der Waals surface area contributed by atoms with Crippen molar-refractivity contribution in [2.75, 3.05) is 0 Å². The third kappa shape index (κ3) is 9.72. The number of hydrogen-bond acceptors (Lipinski definition) is 4. The third-order valence-electron chi connectivity index (χ3n) is 15.1. The smallest absolute Gasteiger partial charge is 0.192 e. The maximum atomic E-state index is 13.1. The maximum Gasteiger partial charge on any atom is 0.192 e. The number of aliphatic hydroxyl groups excluding tert-OH is 1. The van der Waals surface area contributed by atoms with Gasteiger partial charge in [-0.15, -0.1) is 0 Å². The van der Waals surface area contributed by atoms with Crippen LogP contribution in [0.4, 0.5) is 0 Å². The normalized spacial score (nSPS) is 30.5. The van der Waals surface area contributed by atoms with Gasteiger partial charge in [0.05, 0.1) is 23.7 Å². The number of Topliss-reactive ketones (excluding diaryl/α,β-unsaturated/α-hetero) is 1. The minimum atomic E-state index is -1.91. The minimum absolute atomic E-state index is 0.0429. The van der Waals surface area contributed by atoms with E-state index in [1.807, 2.05) is 6.08 Å². The van der Waals surface area contributed by atoms with E-state index in [-0.39, 0.29) is 38.9 Å². The lowest BCUT2D eigenvalue weighted by Gasteiger charge is -2.47. The number of rotatable bonds is 14. The van der Waals surface area contributed by atoms with Crippen LogP contribution in [0.3, 0.4) is 0 Å². The Morgan fingerprint density at radius 3 is 1.96 bits per heavy atom. The summed E-state index contributed by atoms with van der Waals surface area (Å²) in [5.74, 6) is 1.43. The zero-order valence-corrected chi connectivity index (χ0v) is 37.8. The Labute approximate surface area is 317 Å². The standard InChI is InChI=1S/C45H80O4Si2/c1-15-16-17-20-39(46)45(28-29-45)40(47)25-27-43(8,9)38-24-23-37-34(19-18-26-44(37,38)10)22-21-33-30-35(48-50(11,12)41(2,3)4)32-36(31-33)49-51(13,14)42(5,6)7/h21-22,25,27,35-38,40,47H,15-20,23-24,26,28-32H2,1-14H3/t35-,36-,37+,38-,40?,44+/m1/s1. The summed E-state index contributed by atoms with van der Waals surface area (Å²) in [4.78, 5) is 13.1. The molecule has 0 radical (unpaired) electrons. The molecule has 0 aromatic carbocycles. The molecule has 4 rings (SSSR count). The molecule has 0 aromatic rings. The summed E-state index contributed by atoms with van der Waals surface area (Å²) in [5, 5.41) is 11.7. The molecule has 0 bridgehead atoms. The van der Waals surface area contributed by atoms with Crippen molar-refractivity contribution in [2.45, 2.75) is 214 Å². The highest BCUT2D eigenvalue weighted by Gasteiger charge is 2.55. The van der Waals surface area contributed by atoms with Gasteiger partial charge in [-0.2, -0.15) is 0 Å². The molecule has 4 nitrogen and oxygen atoms in total. The predicted molar refractivity (Wildman–Crippen MR) is 222 cm³/mol. The van der Waals surface area contributed by atoms with Crippen LogP contribution in [0.2, 0.25) is 36.3 Å². The van der Waals surface area contributed by atoms with Crippen molar-refractivity contribution in [1.82, 2.24) is 0 Å². The molecule has 0 aromatic heterocycles. The number of aliphatic hydroxyl groups is 1. The van der Waals surface area contributed by atoms with Gasteiger partial charge in [-0.3, -0.25) is 4.79 Å². The molecule has 6 atom stereocenters. The van der Waals surface area contributed by atoms with E-state index in [1.165, 1.54) is 37.7 Å². The molecule has 4 saturated carbocycles. The SMILES string of the molecule is CCCCCC(=O)C1(C(O)C=CC(C)(C)[C@H]2CC[C@H]3C(=CC=C4C[C@@H](O[Si](C)(C)C(C)(C)C)C[C@H](O[Si](C)(C)C(C)(C)C)C4)CCC[C@]23C)CC1. The first-order valence-corrected chi connectivity index (χ1v) is 26.8. The number of carbonyl (C=O) groups is 1. The van der Waals surface area contributed by atoms with E-state index >= 15 is 0 Å². The Kier molecular flexibility index (Phi) is 13.3. The zero-order chi connectivity index (χ0) is 38.3. The second-order valence-electron chi connectivity index (χ2n) is 21.4. The lowest BCUT2D eigenvalue weighted by atomic mass is 9.57. The minimum Gasteiger partial charge on any atom is -0.414 e. The van der Waals surface area contributed by atoms with Gasteiger partial charge in [0, 0.05) is 6.42 Å². The first kappa shape index (κ1) is 42.9. The molecule has 4 aliphatic rings. The van der Waals surface area contributed by atoms with Crippen molar-refractivity contribution in [2.24, 2.45) is 28.1 Å². The van der Waals surface area contributed by atoms with Gasteiger partial charge in [0.2, 0.25) is 0 Å². The fourth-order valence-corrected chi connectivity index (χ4v) is 12.3. The molecular formula is C45H80O4Si2. The number of ketones is 1. The van der Waals surface area contributed by atoms with Gasteiger partial charge < -0.3 is 14.0 Å². The van der Waals surface area contributed by atoms with Crippen molar-refractivity contribution in [1.29, 1.82) is 0 Å². The molecular weight excluding hydrogens is 661 g/mol. The van der Waals surface area contributed by atoms with Crippen molar-refractivity contribution >= 4 is 22.4 Å². The highest BCUT2D eigenvalue weighted by Crippen LogP contribution is 2.62. The van der Waals surface area contributed by atoms with Gasteiger partial charge in [0.25, 0.3) is 0 Å². The summed E-state index contributed by atoms with van der Waals surface area (Å²) in [6.07, 6.45) is 23.7. The van der Waals surface area contributed by atoms with Gasteiger partial charge in [-0.25, -0.2) is 0 Å². The first-order valence-electron chi connectivity index (χ1n) is 21.0. The van der Waals surface area contributed by atoms with E-state index in [2.05, 4.69) is 114 Å². The average Bonchev–Trinajstić information content (AvgIpc) is 3.73. The number of fused-ring (bicyclic) bond motifs is 1. The van der Waals surface area contributed by atoms with Gasteiger partial charge in [0.1, 0.15) is 5.78 Å². The summed E-state index contributed by atoms with van der Waals surface area (Å²) in [5.41, 5.74) is 2.82. The van der Waals surface area contributed by atoms with Crippen LogP contribution in [0.5, 0.6) is 0 Å². The molecule has 1 unspecified atom stereocenters.